The Kier molecular flexibility index (Phi) is 3.54. The maximum atomic E-state index is 8.68. The summed E-state index contributed by atoms with van der Waals surface area (Å²) in [5.74, 6) is 0. The van der Waals surface area contributed by atoms with Crippen molar-refractivity contribution < 1.29 is 5.11 Å². The third-order valence-corrected chi connectivity index (χ3v) is 2.68. The molecule has 0 bridgehead atoms. The zero-order chi connectivity index (χ0) is 11.4. The fourth-order valence-electron chi connectivity index (χ4n) is 1.84. The van der Waals surface area contributed by atoms with Gasteiger partial charge in [-0.1, -0.05) is 35.9 Å². The Balaban J connectivity index is 2.20. The summed E-state index contributed by atoms with van der Waals surface area (Å²) < 4.78 is 0. The molecular weight excluding hydrogens is 198 g/mol. The summed E-state index contributed by atoms with van der Waals surface area (Å²) in [6.07, 6.45) is 0. The zero-order valence-corrected chi connectivity index (χ0v) is 9.53. The molecule has 84 valence electrons. The van der Waals surface area contributed by atoms with Crippen LogP contribution in [0.2, 0.25) is 0 Å². The number of aliphatic hydroxyl groups excluding tert-OH is 1. The smallest absolute Gasteiger partial charge is 0.0556 e. The van der Waals surface area contributed by atoms with Gasteiger partial charge < -0.3 is 10.4 Å². The Labute approximate surface area is 95.9 Å². The molecule has 0 unspecified atom stereocenters. The summed E-state index contributed by atoms with van der Waals surface area (Å²) in [6, 6.07) is 13.0. The molecule has 2 aromatic carbocycles. The third-order valence-electron chi connectivity index (χ3n) is 2.68. The van der Waals surface area contributed by atoms with Crippen LogP contribution in [0.4, 0.5) is 0 Å². The molecule has 0 heterocycles. The summed E-state index contributed by atoms with van der Waals surface area (Å²) in [4.78, 5) is 0. The number of aryl methyl sites for hydroxylation is 1. The summed E-state index contributed by atoms with van der Waals surface area (Å²) >= 11 is 0. The molecule has 16 heavy (non-hydrogen) atoms. The second-order valence-electron chi connectivity index (χ2n) is 4.09. The molecule has 2 aromatic rings. The van der Waals surface area contributed by atoms with E-state index in [1.807, 2.05) is 0 Å². The van der Waals surface area contributed by atoms with E-state index in [2.05, 4.69) is 48.6 Å². The lowest BCUT2D eigenvalue weighted by Gasteiger charge is -2.05. The number of rotatable bonds is 4. The predicted molar refractivity (Wildman–Crippen MR) is 67.5 cm³/mol. The van der Waals surface area contributed by atoms with Crippen LogP contribution in [0.25, 0.3) is 10.8 Å². The lowest BCUT2D eigenvalue weighted by molar-refractivity contribution is 0.292. The van der Waals surface area contributed by atoms with Gasteiger partial charge in [-0.05, 0) is 29.3 Å². The number of benzene rings is 2. The first kappa shape index (κ1) is 11.1. The highest BCUT2D eigenvalue weighted by Crippen LogP contribution is 2.17. The van der Waals surface area contributed by atoms with Gasteiger partial charge in [-0.15, -0.1) is 0 Å². The first-order valence-corrected chi connectivity index (χ1v) is 5.60. The van der Waals surface area contributed by atoms with Gasteiger partial charge in [0.2, 0.25) is 0 Å². The van der Waals surface area contributed by atoms with E-state index in [4.69, 9.17) is 5.11 Å². The van der Waals surface area contributed by atoms with E-state index in [1.165, 1.54) is 21.9 Å². The Bertz CT molecular complexity index is 479. The lowest BCUT2D eigenvalue weighted by Crippen LogP contribution is -2.17. The number of aliphatic hydroxyl groups is 1. The van der Waals surface area contributed by atoms with E-state index < -0.39 is 0 Å². The van der Waals surface area contributed by atoms with E-state index in [9.17, 15) is 0 Å². The molecule has 2 nitrogen and oxygen atoms in total. The van der Waals surface area contributed by atoms with E-state index in [-0.39, 0.29) is 6.61 Å². The molecule has 2 heteroatoms. The Morgan fingerprint density at radius 2 is 1.81 bits per heavy atom. The van der Waals surface area contributed by atoms with Gasteiger partial charge in [-0.2, -0.15) is 0 Å². The van der Waals surface area contributed by atoms with E-state index in [0.29, 0.717) is 6.54 Å². The second-order valence-corrected chi connectivity index (χ2v) is 4.09. The van der Waals surface area contributed by atoms with Crippen LogP contribution in [-0.2, 0) is 6.54 Å². The van der Waals surface area contributed by atoms with Crippen LogP contribution in [-0.4, -0.2) is 18.3 Å². The fourth-order valence-corrected chi connectivity index (χ4v) is 1.84. The van der Waals surface area contributed by atoms with Gasteiger partial charge in [0.05, 0.1) is 6.61 Å². The maximum Gasteiger partial charge on any atom is 0.0556 e. The molecule has 0 saturated carbocycles. The van der Waals surface area contributed by atoms with Crippen LogP contribution in [0.5, 0.6) is 0 Å². The molecule has 0 fully saturated rings. The maximum absolute atomic E-state index is 8.68. The van der Waals surface area contributed by atoms with Gasteiger partial charge in [0.25, 0.3) is 0 Å². The zero-order valence-electron chi connectivity index (χ0n) is 9.53. The van der Waals surface area contributed by atoms with Gasteiger partial charge in [-0.3, -0.25) is 0 Å². The average Bonchev–Trinajstić information content (AvgIpc) is 2.29. The highest BCUT2D eigenvalue weighted by atomic mass is 16.3. The predicted octanol–water partition coefficient (Wildman–Crippen LogP) is 2.23. The Hall–Kier alpha value is -1.38. The van der Waals surface area contributed by atoms with Crippen molar-refractivity contribution in [3.05, 3.63) is 47.5 Å². The minimum atomic E-state index is 0.187. The SMILES string of the molecule is Cc1ccc2cc(CNCCO)ccc2c1. The summed E-state index contributed by atoms with van der Waals surface area (Å²) in [6.45, 7) is 3.75. The monoisotopic (exact) mass is 215 g/mol. The number of fused-ring (bicyclic) bond motifs is 1. The van der Waals surface area contributed by atoms with Crippen LogP contribution in [0.3, 0.4) is 0 Å². The number of nitrogens with one attached hydrogen (secondary N) is 1. The summed E-state index contributed by atoms with van der Waals surface area (Å²) in [7, 11) is 0. The number of hydrogen-bond acceptors (Lipinski definition) is 2. The fraction of sp³-hybridized carbons (Fsp3) is 0.286. The van der Waals surface area contributed by atoms with Crippen LogP contribution in [0.15, 0.2) is 36.4 Å². The average molecular weight is 215 g/mol. The normalized spacial score (nSPS) is 10.9. The van der Waals surface area contributed by atoms with Crippen molar-refractivity contribution >= 4 is 10.8 Å². The summed E-state index contributed by atoms with van der Waals surface area (Å²) in [5, 5.41) is 14.4. The molecule has 0 aliphatic carbocycles. The number of hydrogen-bond donors (Lipinski definition) is 2. The largest absolute Gasteiger partial charge is 0.395 e. The topological polar surface area (TPSA) is 32.3 Å². The van der Waals surface area contributed by atoms with Gasteiger partial charge in [-0.25, -0.2) is 0 Å². The van der Waals surface area contributed by atoms with Crippen molar-refractivity contribution in [3.63, 3.8) is 0 Å². The van der Waals surface area contributed by atoms with Crippen molar-refractivity contribution in [3.8, 4) is 0 Å². The van der Waals surface area contributed by atoms with Crippen LogP contribution >= 0.6 is 0 Å². The highest BCUT2D eigenvalue weighted by molar-refractivity contribution is 5.83. The molecule has 0 aliphatic heterocycles. The van der Waals surface area contributed by atoms with Crippen LogP contribution in [0, 0.1) is 6.92 Å². The summed E-state index contributed by atoms with van der Waals surface area (Å²) in [5.41, 5.74) is 2.54. The van der Waals surface area contributed by atoms with Crippen molar-refractivity contribution in [1.82, 2.24) is 5.32 Å². The van der Waals surface area contributed by atoms with Crippen molar-refractivity contribution in [1.29, 1.82) is 0 Å². The molecule has 2 rings (SSSR count). The van der Waals surface area contributed by atoms with Crippen LogP contribution < -0.4 is 5.32 Å². The van der Waals surface area contributed by atoms with Gasteiger partial charge >= 0.3 is 0 Å². The van der Waals surface area contributed by atoms with Gasteiger partial charge in [0, 0.05) is 13.1 Å². The minimum Gasteiger partial charge on any atom is -0.395 e. The molecule has 0 aromatic heterocycles. The molecular formula is C14H17NO. The van der Waals surface area contributed by atoms with E-state index >= 15 is 0 Å². The minimum absolute atomic E-state index is 0.187. The van der Waals surface area contributed by atoms with Crippen LogP contribution in [0.1, 0.15) is 11.1 Å². The molecule has 0 atom stereocenters. The molecule has 0 aliphatic rings. The van der Waals surface area contributed by atoms with Gasteiger partial charge in [0.1, 0.15) is 0 Å². The highest BCUT2D eigenvalue weighted by Gasteiger charge is 1.96. The van der Waals surface area contributed by atoms with E-state index in [0.717, 1.165) is 6.54 Å². The molecule has 0 spiro atoms. The quantitative estimate of drug-likeness (QED) is 0.767. The first-order valence-electron chi connectivity index (χ1n) is 5.60. The van der Waals surface area contributed by atoms with Gasteiger partial charge in [0.15, 0.2) is 0 Å². The molecule has 0 radical (unpaired) electrons. The Morgan fingerprint density at radius 3 is 2.62 bits per heavy atom. The van der Waals surface area contributed by atoms with Crippen molar-refractivity contribution in [2.45, 2.75) is 13.5 Å². The standard InChI is InChI=1S/C14H17NO/c1-11-2-4-14-9-12(10-15-6-7-16)3-5-13(14)8-11/h2-5,8-9,15-16H,6-7,10H2,1H3. The third kappa shape index (κ3) is 2.60. The van der Waals surface area contributed by atoms with Crippen molar-refractivity contribution in [2.24, 2.45) is 0 Å². The van der Waals surface area contributed by atoms with Crippen molar-refractivity contribution in [2.75, 3.05) is 13.2 Å². The first-order chi connectivity index (χ1) is 7.79. The second kappa shape index (κ2) is 5.10. The molecule has 2 N–H and O–H groups in total. The van der Waals surface area contributed by atoms with E-state index in [1.54, 1.807) is 0 Å². The molecule has 0 amide bonds. The lowest BCUT2D eigenvalue weighted by atomic mass is 10.0. The Morgan fingerprint density at radius 1 is 1.06 bits per heavy atom. The molecule has 0 saturated heterocycles.